The van der Waals surface area contributed by atoms with Gasteiger partial charge in [0.1, 0.15) is 11.6 Å². The standard InChI is InChI=1S/C20H24N6/c1-3-16-7-4-5-8-18(16)26-15(2)23-24-19(26)17-9-13-25(14-10-17)20-21-11-6-12-22-20/h4-8,11-12,17H,3,9-10,13-14H2,1-2H3. The van der Waals surface area contributed by atoms with Crippen molar-refractivity contribution >= 4 is 5.95 Å². The van der Waals surface area contributed by atoms with Crippen molar-refractivity contribution in [2.75, 3.05) is 18.0 Å². The fourth-order valence-corrected chi connectivity index (χ4v) is 3.76. The molecule has 1 aromatic carbocycles. The molecule has 134 valence electrons. The Morgan fingerprint density at radius 1 is 1.00 bits per heavy atom. The highest BCUT2D eigenvalue weighted by Crippen LogP contribution is 2.31. The lowest BCUT2D eigenvalue weighted by Crippen LogP contribution is -2.34. The van der Waals surface area contributed by atoms with Crippen LogP contribution in [-0.4, -0.2) is 37.8 Å². The highest BCUT2D eigenvalue weighted by atomic mass is 15.3. The molecule has 1 fully saturated rings. The molecule has 1 aliphatic rings. The topological polar surface area (TPSA) is 59.7 Å². The lowest BCUT2D eigenvalue weighted by Gasteiger charge is -2.31. The van der Waals surface area contributed by atoms with Crippen LogP contribution < -0.4 is 4.90 Å². The Labute approximate surface area is 153 Å². The number of anilines is 1. The summed E-state index contributed by atoms with van der Waals surface area (Å²) in [5.74, 6) is 3.26. The Bertz CT molecular complexity index is 865. The molecule has 0 atom stereocenters. The Morgan fingerprint density at radius 3 is 2.46 bits per heavy atom. The fourth-order valence-electron chi connectivity index (χ4n) is 3.76. The van der Waals surface area contributed by atoms with Crippen molar-refractivity contribution < 1.29 is 0 Å². The first-order valence-corrected chi connectivity index (χ1v) is 9.30. The quantitative estimate of drug-likeness (QED) is 0.724. The van der Waals surface area contributed by atoms with Crippen LogP contribution in [0.5, 0.6) is 0 Å². The van der Waals surface area contributed by atoms with E-state index in [4.69, 9.17) is 0 Å². The van der Waals surface area contributed by atoms with E-state index in [1.807, 2.05) is 13.0 Å². The Kier molecular flexibility index (Phi) is 4.65. The molecule has 0 spiro atoms. The van der Waals surface area contributed by atoms with E-state index in [0.29, 0.717) is 5.92 Å². The number of hydrogen-bond acceptors (Lipinski definition) is 5. The van der Waals surface area contributed by atoms with Gasteiger partial charge in [-0.2, -0.15) is 0 Å². The van der Waals surface area contributed by atoms with Gasteiger partial charge < -0.3 is 4.90 Å². The van der Waals surface area contributed by atoms with E-state index in [-0.39, 0.29) is 0 Å². The van der Waals surface area contributed by atoms with Crippen LogP contribution in [-0.2, 0) is 6.42 Å². The number of para-hydroxylation sites is 1. The summed E-state index contributed by atoms with van der Waals surface area (Å²) in [6, 6.07) is 10.4. The molecule has 0 saturated carbocycles. The summed E-state index contributed by atoms with van der Waals surface area (Å²) < 4.78 is 2.25. The molecule has 6 nitrogen and oxygen atoms in total. The van der Waals surface area contributed by atoms with Gasteiger partial charge in [0.25, 0.3) is 0 Å². The molecule has 0 radical (unpaired) electrons. The molecule has 2 aromatic heterocycles. The largest absolute Gasteiger partial charge is 0.341 e. The van der Waals surface area contributed by atoms with Crippen LogP contribution in [0.4, 0.5) is 5.95 Å². The Balaban J connectivity index is 1.59. The predicted octanol–water partition coefficient (Wildman–Crippen LogP) is 3.31. The van der Waals surface area contributed by atoms with Crippen molar-refractivity contribution in [3.63, 3.8) is 0 Å². The molecule has 0 unspecified atom stereocenters. The molecule has 0 N–H and O–H groups in total. The number of rotatable bonds is 4. The van der Waals surface area contributed by atoms with Crippen LogP contribution in [0.3, 0.4) is 0 Å². The molecule has 3 aromatic rings. The van der Waals surface area contributed by atoms with Crippen LogP contribution in [0, 0.1) is 6.92 Å². The van der Waals surface area contributed by atoms with E-state index < -0.39 is 0 Å². The summed E-state index contributed by atoms with van der Waals surface area (Å²) in [5, 5.41) is 8.95. The minimum absolute atomic E-state index is 0.404. The minimum Gasteiger partial charge on any atom is -0.341 e. The minimum atomic E-state index is 0.404. The Hall–Kier alpha value is -2.76. The zero-order valence-electron chi connectivity index (χ0n) is 15.3. The second-order valence-electron chi connectivity index (χ2n) is 6.73. The van der Waals surface area contributed by atoms with Crippen LogP contribution in [0.2, 0.25) is 0 Å². The maximum Gasteiger partial charge on any atom is 0.225 e. The van der Waals surface area contributed by atoms with Gasteiger partial charge in [-0.25, -0.2) is 9.97 Å². The highest BCUT2D eigenvalue weighted by molar-refractivity contribution is 5.43. The number of benzene rings is 1. The monoisotopic (exact) mass is 348 g/mol. The average molecular weight is 348 g/mol. The van der Waals surface area contributed by atoms with Gasteiger partial charge in [0, 0.05) is 31.4 Å². The highest BCUT2D eigenvalue weighted by Gasteiger charge is 2.27. The van der Waals surface area contributed by atoms with E-state index >= 15 is 0 Å². The molecule has 26 heavy (non-hydrogen) atoms. The zero-order chi connectivity index (χ0) is 17.9. The van der Waals surface area contributed by atoms with Crippen molar-refractivity contribution in [2.24, 2.45) is 0 Å². The third-order valence-electron chi connectivity index (χ3n) is 5.16. The third-order valence-corrected chi connectivity index (χ3v) is 5.16. The van der Waals surface area contributed by atoms with Gasteiger partial charge in [0.2, 0.25) is 5.95 Å². The maximum atomic E-state index is 4.55. The summed E-state index contributed by atoms with van der Waals surface area (Å²) in [6.45, 7) is 6.11. The maximum absolute atomic E-state index is 4.55. The first kappa shape index (κ1) is 16.7. The van der Waals surface area contributed by atoms with Crippen molar-refractivity contribution in [3.05, 3.63) is 59.9 Å². The molecule has 0 amide bonds. The van der Waals surface area contributed by atoms with E-state index in [9.17, 15) is 0 Å². The van der Waals surface area contributed by atoms with Gasteiger partial charge in [-0.1, -0.05) is 25.1 Å². The number of piperidine rings is 1. The van der Waals surface area contributed by atoms with Crippen molar-refractivity contribution in [2.45, 2.75) is 39.0 Å². The van der Waals surface area contributed by atoms with E-state index in [1.165, 1.54) is 11.3 Å². The summed E-state index contributed by atoms with van der Waals surface area (Å²) in [7, 11) is 0. The summed E-state index contributed by atoms with van der Waals surface area (Å²) in [4.78, 5) is 11.0. The molecular formula is C20H24N6. The molecule has 1 aliphatic heterocycles. The second-order valence-corrected chi connectivity index (χ2v) is 6.73. The smallest absolute Gasteiger partial charge is 0.225 e. The van der Waals surface area contributed by atoms with Gasteiger partial charge in [-0.3, -0.25) is 4.57 Å². The second kappa shape index (κ2) is 7.23. The van der Waals surface area contributed by atoms with Gasteiger partial charge in [-0.15, -0.1) is 10.2 Å². The van der Waals surface area contributed by atoms with E-state index in [1.54, 1.807) is 12.4 Å². The third kappa shape index (κ3) is 3.07. The lowest BCUT2D eigenvalue weighted by molar-refractivity contribution is 0.474. The zero-order valence-corrected chi connectivity index (χ0v) is 15.3. The normalized spacial score (nSPS) is 15.4. The van der Waals surface area contributed by atoms with E-state index in [2.05, 4.69) is 60.8 Å². The number of hydrogen-bond donors (Lipinski definition) is 0. The molecule has 3 heterocycles. The van der Waals surface area contributed by atoms with Crippen LogP contribution in [0.1, 0.15) is 42.9 Å². The first-order valence-electron chi connectivity index (χ1n) is 9.30. The molecule has 4 rings (SSSR count). The molecule has 0 aliphatic carbocycles. The summed E-state index contributed by atoms with van der Waals surface area (Å²) in [5.41, 5.74) is 2.54. The number of aryl methyl sites for hydroxylation is 2. The number of nitrogens with zero attached hydrogens (tertiary/aromatic N) is 6. The summed E-state index contributed by atoms with van der Waals surface area (Å²) in [6.07, 6.45) is 6.67. The van der Waals surface area contributed by atoms with Crippen LogP contribution >= 0.6 is 0 Å². The number of aromatic nitrogens is 5. The molecule has 6 heteroatoms. The SMILES string of the molecule is CCc1ccccc1-n1c(C)nnc1C1CCN(c2ncccn2)CC1. The van der Waals surface area contributed by atoms with Crippen LogP contribution in [0.25, 0.3) is 5.69 Å². The average Bonchev–Trinajstić information content (AvgIpc) is 3.10. The predicted molar refractivity (Wildman–Crippen MR) is 102 cm³/mol. The molecular weight excluding hydrogens is 324 g/mol. The van der Waals surface area contributed by atoms with Crippen molar-refractivity contribution in [3.8, 4) is 5.69 Å². The summed E-state index contributed by atoms with van der Waals surface area (Å²) >= 11 is 0. The van der Waals surface area contributed by atoms with E-state index in [0.717, 1.165) is 49.9 Å². The Morgan fingerprint density at radius 2 is 1.73 bits per heavy atom. The molecule has 1 saturated heterocycles. The van der Waals surface area contributed by atoms with Gasteiger partial charge in [0.15, 0.2) is 0 Å². The fraction of sp³-hybridized carbons (Fsp3) is 0.400. The van der Waals surface area contributed by atoms with Gasteiger partial charge >= 0.3 is 0 Å². The van der Waals surface area contributed by atoms with Gasteiger partial charge in [-0.05, 0) is 43.9 Å². The van der Waals surface area contributed by atoms with Crippen molar-refractivity contribution in [1.29, 1.82) is 0 Å². The van der Waals surface area contributed by atoms with Crippen molar-refractivity contribution in [1.82, 2.24) is 24.7 Å². The first-order chi connectivity index (χ1) is 12.8. The molecule has 0 bridgehead atoms. The van der Waals surface area contributed by atoms with Crippen LogP contribution in [0.15, 0.2) is 42.7 Å². The lowest BCUT2D eigenvalue weighted by atomic mass is 9.95. The van der Waals surface area contributed by atoms with Gasteiger partial charge in [0.05, 0.1) is 5.69 Å².